The fourth-order valence-electron chi connectivity index (χ4n) is 2.51. The lowest BCUT2D eigenvalue weighted by atomic mass is 10.0. The largest absolute Gasteiger partial charge is 0.507 e. The molecule has 0 aliphatic carbocycles. The van der Waals surface area contributed by atoms with Gasteiger partial charge in [0.1, 0.15) is 11.3 Å². The van der Waals surface area contributed by atoms with Crippen molar-refractivity contribution in [3.63, 3.8) is 0 Å². The van der Waals surface area contributed by atoms with E-state index in [-0.39, 0.29) is 11.9 Å². The molecule has 0 aliphatic heterocycles. The Bertz CT molecular complexity index is 847. The maximum absolute atomic E-state index is 10.4. The lowest BCUT2D eigenvalue weighted by Gasteiger charge is -2.18. The highest BCUT2D eigenvalue weighted by atomic mass is 16.5. The fourth-order valence-corrected chi connectivity index (χ4v) is 2.51. The van der Waals surface area contributed by atoms with Gasteiger partial charge in [-0.15, -0.1) is 0 Å². The topological polar surface area (TPSA) is 64.5 Å². The molecule has 5 nitrogen and oxygen atoms in total. The molecule has 0 spiro atoms. The van der Waals surface area contributed by atoms with E-state index >= 15 is 0 Å². The van der Waals surface area contributed by atoms with Gasteiger partial charge in [0.2, 0.25) is 5.88 Å². The van der Waals surface area contributed by atoms with Crippen LogP contribution in [0.1, 0.15) is 13.8 Å². The van der Waals surface area contributed by atoms with Crippen LogP contribution in [0.4, 0.5) is 0 Å². The lowest BCUT2D eigenvalue weighted by molar-refractivity contribution is 0.246. The van der Waals surface area contributed by atoms with E-state index in [9.17, 15) is 5.11 Å². The van der Waals surface area contributed by atoms with E-state index in [2.05, 4.69) is 9.97 Å². The number of aromatic nitrogens is 2. The molecular formula is C18H18N2O3. The molecule has 5 heteroatoms. The second kappa shape index (κ2) is 6.12. The summed E-state index contributed by atoms with van der Waals surface area (Å²) in [5.41, 5.74) is 2.06. The average Bonchev–Trinajstić information content (AvgIpc) is 2.57. The number of hydrogen-bond acceptors (Lipinski definition) is 5. The first-order valence-corrected chi connectivity index (χ1v) is 7.38. The molecule has 0 unspecified atom stereocenters. The zero-order chi connectivity index (χ0) is 16.4. The van der Waals surface area contributed by atoms with Crippen molar-refractivity contribution in [1.82, 2.24) is 9.97 Å². The monoisotopic (exact) mass is 310 g/mol. The first-order chi connectivity index (χ1) is 11.1. The standard InChI is InChI=1S/C18H18N2O3/c1-11(2)23-17-14(12-6-4-9-20-18(12)22-3)10-15(21)13-7-5-8-19-16(13)17/h4-11,21H,1-3H3. The third-order valence-corrected chi connectivity index (χ3v) is 3.43. The third kappa shape index (κ3) is 2.77. The average molecular weight is 310 g/mol. The SMILES string of the molecule is COc1ncccc1-c1cc(O)c2cccnc2c1OC(C)C. The van der Waals surface area contributed by atoms with Crippen LogP contribution >= 0.6 is 0 Å². The van der Waals surface area contributed by atoms with Gasteiger partial charge in [-0.2, -0.15) is 0 Å². The summed E-state index contributed by atoms with van der Waals surface area (Å²) in [4.78, 5) is 8.61. The van der Waals surface area contributed by atoms with E-state index in [1.165, 1.54) is 0 Å². The number of pyridine rings is 2. The van der Waals surface area contributed by atoms with Crippen LogP contribution in [0.3, 0.4) is 0 Å². The van der Waals surface area contributed by atoms with Crippen molar-refractivity contribution in [2.75, 3.05) is 7.11 Å². The van der Waals surface area contributed by atoms with E-state index in [4.69, 9.17) is 9.47 Å². The maximum Gasteiger partial charge on any atom is 0.221 e. The Morgan fingerprint density at radius 3 is 2.52 bits per heavy atom. The van der Waals surface area contributed by atoms with Crippen LogP contribution in [0, 0.1) is 0 Å². The number of fused-ring (bicyclic) bond motifs is 1. The van der Waals surface area contributed by atoms with Crippen molar-refractivity contribution >= 4 is 10.9 Å². The molecule has 0 saturated heterocycles. The van der Waals surface area contributed by atoms with Gasteiger partial charge in [-0.25, -0.2) is 4.98 Å². The quantitative estimate of drug-likeness (QED) is 0.794. The summed E-state index contributed by atoms with van der Waals surface area (Å²) in [6.45, 7) is 3.90. The van der Waals surface area contributed by atoms with Crippen LogP contribution in [-0.4, -0.2) is 28.3 Å². The molecule has 0 saturated carbocycles. The maximum atomic E-state index is 10.4. The van der Waals surface area contributed by atoms with Crippen molar-refractivity contribution in [1.29, 1.82) is 0 Å². The highest BCUT2D eigenvalue weighted by Crippen LogP contribution is 2.43. The molecule has 0 aliphatic rings. The number of nitrogens with zero attached hydrogens (tertiary/aromatic N) is 2. The number of phenolic OH excluding ortho intramolecular Hbond substituents is 1. The minimum atomic E-state index is -0.0360. The van der Waals surface area contributed by atoms with Crippen LogP contribution in [-0.2, 0) is 0 Å². The Morgan fingerprint density at radius 1 is 1.04 bits per heavy atom. The molecule has 23 heavy (non-hydrogen) atoms. The van der Waals surface area contributed by atoms with Gasteiger partial charge in [0.05, 0.1) is 13.2 Å². The molecule has 2 heterocycles. The molecule has 0 radical (unpaired) electrons. The molecule has 0 fully saturated rings. The van der Waals surface area contributed by atoms with Crippen LogP contribution in [0.5, 0.6) is 17.4 Å². The van der Waals surface area contributed by atoms with Crippen LogP contribution in [0.15, 0.2) is 42.7 Å². The number of benzene rings is 1. The van der Waals surface area contributed by atoms with Crippen LogP contribution in [0.25, 0.3) is 22.0 Å². The summed E-state index contributed by atoms with van der Waals surface area (Å²) < 4.78 is 11.4. The fraction of sp³-hybridized carbons (Fsp3) is 0.222. The van der Waals surface area contributed by atoms with Gasteiger partial charge in [-0.1, -0.05) is 0 Å². The van der Waals surface area contributed by atoms with Crippen molar-refractivity contribution in [2.45, 2.75) is 20.0 Å². The molecule has 3 aromatic rings. The second-order valence-corrected chi connectivity index (χ2v) is 5.40. The number of methoxy groups -OCH3 is 1. The van der Waals surface area contributed by atoms with E-state index in [0.717, 1.165) is 5.56 Å². The van der Waals surface area contributed by atoms with Gasteiger partial charge in [-0.05, 0) is 44.2 Å². The number of aromatic hydroxyl groups is 1. The van der Waals surface area contributed by atoms with Gasteiger partial charge in [0, 0.05) is 28.9 Å². The van der Waals surface area contributed by atoms with Gasteiger partial charge < -0.3 is 14.6 Å². The molecule has 2 aromatic heterocycles. The van der Waals surface area contributed by atoms with Crippen LogP contribution < -0.4 is 9.47 Å². The summed E-state index contributed by atoms with van der Waals surface area (Å²) in [6.07, 6.45) is 3.30. The van der Waals surface area contributed by atoms with E-state index in [0.29, 0.717) is 28.1 Å². The molecule has 3 rings (SSSR count). The summed E-state index contributed by atoms with van der Waals surface area (Å²) in [7, 11) is 1.56. The Balaban J connectivity index is 2.35. The Kier molecular flexibility index (Phi) is 4.02. The predicted molar refractivity (Wildman–Crippen MR) is 89.0 cm³/mol. The molecule has 1 aromatic carbocycles. The van der Waals surface area contributed by atoms with Gasteiger partial charge in [-0.3, -0.25) is 4.98 Å². The Hall–Kier alpha value is -2.82. The van der Waals surface area contributed by atoms with Crippen molar-refractivity contribution in [2.24, 2.45) is 0 Å². The minimum absolute atomic E-state index is 0.0360. The number of phenols is 1. The second-order valence-electron chi connectivity index (χ2n) is 5.40. The first-order valence-electron chi connectivity index (χ1n) is 7.38. The molecule has 1 N–H and O–H groups in total. The lowest BCUT2D eigenvalue weighted by Crippen LogP contribution is -2.08. The zero-order valence-corrected chi connectivity index (χ0v) is 13.3. The van der Waals surface area contributed by atoms with Gasteiger partial charge in [0.25, 0.3) is 0 Å². The molecule has 0 atom stereocenters. The normalized spacial score (nSPS) is 11.0. The highest BCUT2D eigenvalue weighted by molar-refractivity contribution is 5.97. The van der Waals surface area contributed by atoms with Crippen molar-refractivity contribution < 1.29 is 14.6 Å². The molecule has 0 bridgehead atoms. The predicted octanol–water partition coefficient (Wildman–Crippen LogP) is 3.80. The van der Waals surface area contributed by atoms with Gasteiger partial charge >= 0.3 is 0 Å². The Morgan fingerprint density at radius 2 is 1.78 bits per heavy atom. The third-order valence-electron chi connectivity index (χ3n) is 3.43. The number of rotatable bonds is 4. The molecular weight excluding hydrogens is 292 g/mol. The van der Waals surface area contributed by atoms with Crippen molar-refractivity contribution in [3.05, 3.63) is 42.7 Å². The van der Waals surface area contributed by atoms with Crippen molar-refractivity contribution in [3.8, 4) is 28.5 Å². The molecule has 0 amide bonds. The zero-order valence-electron chi connectivity index (χ0n) is 13.3. The van der Waals surface area contributed by atoms with E-state index < -0.39 is 0 Å². The molecule has 118 valence electrons. The minimum Gasteiger partial charge on any atom is -0.507 e. The Labute approximate surface area is 134 Å². The summed E-state index contributed by atoms with van der Waals surface area (Å²) in [5.74, 6) is 1.22. The highest BCUT2D eigenvalue weighted by Gasteiger charge is 2.19. The van der Waals surface area contributed by atoms with Crippen LogP contribution in [0.2, 0.25) is 0 Å². The smallest absolute Gasteiger partial charge is 0.221 e. The van der Waals surface area contributed by atoms with E-state index in [1.807, 2.05) is 32.0 Å². The summed E-state index contributed by atoms with van der Waals surface area (Å²) in [5, 5.41) is 11.0. The summed E-state index contributed by atoms with van der Waals surface area (Å²) >= 11 is 0. The number of ether oxygens (including phenoxy) is 2. The summed E-state index contributed by atoms with van der Waals surface area (Å²) in [6, 6.07) is 8.96. The van der Waals surface area contributed by atoms with Gasteiger partial charge in [0.15, 0.2) is 5.75 Å². The number of hydrogen-bond donors (Lipinski definition) is 1. The first kappa shape index (κ1) is 15.1. The van der Waals surface area contributed by atoms with E-state index in [1.54, 1.807) is 31.6 Å².